The number of amides is 3. The summed E-state index contributed by atoms with van der Waals surface area (Å²) >= 11 is 14.9. The zero-order chi connectivity index (χ0) is 29.9. The van der Waals surface area contributed by atoms with Crippen LogP contribution in [-0.2, 0) is 19.8 Å². The molecule has 3 amide bonds. The molecule has 0 spiro atoms. The maximum absolute atomic E-state index is 14.4. The van der Waals surface area contributed by atoms with Crippen molar-refractivity contribution < 1.29 is 14.4 Å². The van der Waals surface area contributed by atoms with E-state index in [0.717, 1.165) is 31.5 Å². The summed E-state index contributed by atoms with van der Waals surface area (Å²) in [5.74, 6) is -2.85. The Morgan fingerprint density at radius 2 is 1.56 bits per heavy atom. The summed E-state index contributed by atoms with van der Waals surface area (Å²) in [6, 6.07) is 28.1. The molecule has 1 aliphatic heterocycles. The van der Waals surface area contributed by atoms with Crippen molar-refractivity contribution in [2.75, 3.05) is 16.8 Å². The molecule has 8 rings (SSSR count). The van der Waals surface area contributed by atoms with Gasteiger partial charge in [0.1, 0.15) is 0 Å². The largest absolute Gasteiger partial charge is 0.376 e. The van der Waals surface area contributed by atoms with Crippen LogP contribution in [-0.4, -0.2) is 30.5 Å². The molecular weight excluding hydrogens is 698 g/mol. The fourth-order valence-electron chi connectivity index (χ4n) is 6.95. The minimum Gasteiger partial charge on any atom is -0.376 e. The van der Waals surface area contributed by atoms with Gasteiger partial charge in [0.15, 0.2) is 0 Å². The molecule has 0 unspecified atom stereocenters. The molecule has 2 atom stereocenters. The standard InChI is InChI=1S/C33H23Cl2IN4O3/c34-18-9-14-26(25(35)15-18)40-31(42)29-28-21-5-1-3-7-23(21)33(30(29)32(40)43,24-8-4-2-6-22(24)28)17-38-39-27(41)16-37-20-12-10-19(36)11-13-20/h1-15,17,28-30,37H,16H2,(H,39,41)/b38-17-/t28?,29-,30-,33?/m0/s1. The summed E-state index contributed by atoms with van der Waals surface area (Å²) in [5, 5.41) is 8.15. The van der Waals surface area contributed by atoms with Crippen LogP contribution in [0.25, 0.3) is 0 Å². The summed E-state index contributed by atoms with van der Waals surface area (Å²) in [4.78, 5) is 42.7. The van der Waals surface area contributed by atoms with Crippen LogP contribution in [0.5, 0.6) is 0 Å². The van der Waals surface area contributed by atoms with Gasteiger partial charge in [-0.15, -0.1) is 0 Å². The Morgan fingerprint density at radius 1 is 0.907 bits per heavy atom. The van der Waals surface area contributed by atoms with Crippen LogP contribution in [0.1, 0.15) is 28.2 Å². The SMILES string of the molecule is O=C(CNc1ccc(I)cc1)N/N=C\C12c3ccccc3C(c3ccccc31)[C@@H]1C(=O)N(c3ccc(Cl)cc3Cl)C(=O)[C@H]12. The van der Waals surface area contributed by atoms with Crippen LogP contribution in [0.4, 0.5) is 11.4 Å². The van der Waals surface area contributed by atoms with Crippen molar-refractivity contribution in [3.8, 4) is 0 Å². The molecule has 1 fully saturated rings. The van der Waals surface area contributed by atoms with Gasteiger partial charge in [-0.1, -0.05) is 71.7 Å². The van der Waals surface area contributed by atoms with Gasteiger partial charge in [0.25, 0.3) is 5.91 Å². The third kappa shape index (κ3) is 4.38. The number of hydrogen-bond donors (Lipinski definition) is 2. The molecule has 1 heterocycles. The molecule has 0 saturated carbocycles. The average Bonchev–Trinajstić information content (AvgIpc) is 3.27. The number of carbonyl (C=O) groups excluding carboxylic acids is 3. The third-order valence-corrected chi connectivity index (χ3v) is 9.85. The molecule has 214 valence electrons. The molecule has 2 N–H and O–H groups in total. The Bertz CT molecular complexity index is 1800. The molecule has 4 aliphatic rings. The molecule has 10 heteroatoms. The third-order valence-electron chi connectivity index (χ3n) is 8.59. The summed E-state index contributed by atoms with van der Waals surface area (Å²) < 4.78 is 1.09. The number of carbonyl (C=O) groups is 3. The van der Waals surface area contributed by atoms with Crippen molar-refractivity contribution >= 4 is 81.1 Å². The highest BCUT2D eigenvalue weighted by Crippen LogP contribution is 2.63. The lowest BCUT2D eigenvalue weighted by atomic mass is 9.47. The van der Waals surface area contributed by atoms with E-state index >= 15 is 0 Å². The first kappa shape index (κ1) is 28.1. The minimum absolute atomic E-state index is 0.00644. The van der Waals surface area contributed by atoms with E-state index in [1.165, 1.54) is 11.0 Å². The van der Waals surface area contributed by atoms with E-state index in [9.17, 15) is 14.4 Å². The van der Waals surface area contributed by atoms with Crippen LogP contribution in [0.15, 0.2) is 96.1 Å². The van der Waals surface area contributed by atoms with E-state index in [1.54, 1.807) is 18.3 Å². The fourth-order valence-corrected chi connectivity index (χ4v) is 7.80. The van der Waals surface area contributed by atoms with Gasteiger partial charge in [0.05, 0.1) is 34.5 Å². The second kappa shape index (κ2) is 10.8. The van der Waals surface area contributed by atoms with Gasteiger partial charge in [-0.2, -0.15) is 5.10 Å². The first-order valence-corrected chi connectivity index (χ1v) is 15.5. The Kier molecular flexibility index (Phi) is 7.03. The topological polar surface area (TPSA) is 90.9 Å². The quantitative estimate of drug-likeness (QED) is 0.105. The molecule has 3 aliphatic carbocycles. The molecule has 0 radical (unpaired) electrons. The lowest BCUT2D eigenvalue weighted by molar-refractivity contribution is -0.122. The molecule has 43 heavy (non-hydrogen) atoms. The van der Waals surface area contributed by atoms with Gasteiger partial charge in [-0.25, -0.2) is 10.3 Å². The summed E-state index contributed by atoms with van der Waals surface area (Å²) in [6.45, 7) is 0.00644. The van der Waals surface area contributed by atoms with E-state index in [0.29, 0.717) is 10.7 Å². The van der Waals surface area contributed by atoms with Crippen LogP contribution >= 0.6 is 45.8 Å². The lowest BCUT2D eigenvalue weighted by Crippen LogP contribution is -2.54. The van der Waals surface area contributed by atoms with E-state index in [1.807, 2.05) is 72.8 Å². The summed E-state index contributed by atoms with van der Waals surface area (Å²) in [7, 11) is 0. The van der Waals surface area contributed by atoms with Crippen LogP contribution in [0.2, 0.25) is 10.0 Å². The lowest BCUT2D eigenvalue weighted by Gasteiger charge is -2.52. The highest BCUT2D eigenvalue weighted by atomic mass is 127. The zero-order valence-corrected chi connectivity index (χ0v) is 26.1. The van der Waals surface area contributed by atoms with E-state index < -0.39 is 17.3 Å². The van der Waals surface area contributed by atoms with Gasteiger partial charge < -0.3 is 5.32 Å². The van der Waals surface area contributed by atoms with Crippen molar-refractivity contribution in [2.24, 2.45) is 16.9 Å². The van der Waals surface area contributed by atoms with E-state index in [2.05, 4.69) is 38.4 Å². The first-order chi connectivity index (χ1) is 20.8. The molecule has 4 aromatic carbocycles. The van der Waals surface area contributed by atoms with Crippen molar-refractivity contribution in [3.63, 3.8) is 0 Å². The van der Waals surface area contributed by atoms with E-state index in [4.69, 9.17) is 23.2 Å². The van der Waals surface area contributed by atoms with Gasteiger partial charge in [0.2, 0.25) is 11.8 Å². The summed E-state index contributed by atoms with van der Waals surface area (Å²) in [6.07, 6.45) is 1.64. The molecule has 4 aromatic rings. The van der Waals surface area contributed by atoms with Gasteiger partial charge >= 0.3 is 0 Å². The number of hydrazone groups is 1. The van der Waals surface area contributed by atoms with Crippen LogP contribution in [0.3, 0.4) is 0 Å². The summed E-state index contributed by atoms with van der Waals surface area (Å²) in [5.41, 5.74) is 6.34. The predicted molar refractivity (Wildman–Crippen MR) is 176 cm³/mol. The maximum atomic E-state index is 14.4. The van der Waals surface area contributed by atoms with Crippen molar-refractivity contribution in [3.05, 3.63) is 127 Å². The Balaban J connectivity index is 1.30. The number of nitrogens with zero attached hydrogens (tertiary/aromatic N) is 2. The maximum Gasteiger partial charge on any atom is 0.259 e. The van der Waals surface area contributed by atoms with Crippen molar-refractivity contribution in [2.45, 2.75) is 11.3 Å². The molecule has 0 aromatic heterocycles. The van der Waals surface area contributed by atoms with Gasteiger partial charge in [-0.05, 0) is 87.3 Å². The first-order valence-electron chi connectivity index (χ1n) is 13.7. The second-order valence-electron chi connectivity index (χ2n) is 10.8. The zero-order valence-electron chi connectivity index (χ0n) is 22.4. The Hall–Kier alpha value is -3.73. The Labute approximate surface area is 271 Å². The highest BCUT2D eigenvalue weighted by molar-refractivity contribution is 14.1. The number of rotatable bonds is 6. The van der Waals surface area contributed by atoms with Crippen molar-refractivity contribution in [1.82, 2.24) is 5.43 Å². The smallest absolute Gasteiger partial charge is 0.259 e. The number of halogens is 3. The Morgan fingerprint density at radius 3 is 2.21 bits per heavy atom. The molecule has 2 bridgehead atoms. The van der Waals surface area contributed by atoms with Gasteiger partial charge in [0, 0.05) is 26.4 Å². The van der Waals surface area contributed by atoms with E-state index in [-0.39, 0.29) is 35.2 Å². The van der Waals surface area contributed by atoms with Crippen molar-refractivity contribution in [1.29, 1.82) is 0 Å². The molecular formula is C33H23Cl2IN4O3. The predicted octanol–water partition coefficient (Wildman–Crippen LogP) is 6.36. The number of imide groups is 1. The molecule has 1 saturated heterocycles. The van der Waals surface area contributed by atoms with Gasteiger partial charge in [-0.3, -0.25) is 14.4 Å². The number of benzene rings is 4. The normalized spacial score (nSPS) is 23.2. The van der Waals surface area contributed by atoms with Crippen LogP contribution < -0.4 is 15.6 Å². The average molecular weight is 721 g/mol. The fraction of sp³-hybridized carbons (Fsp3) is 0.152. The molecule has 7 nitrogen and oxygen atoms in total. The van der Waals surface area contributed by atoms with Crippen LogP contribution in [0, 0.1) is 15.4 Å². The monoisotopic (exact) mass is 720 g/mol. The number of hydrogen-bond acceptors (Lipinski definition) is 5. The number of anilines is 2. The highest BCUT2D eigenvalue weighted by Gasteiger charge is 2.68. The number of nitrogens with one attached hydrogen (secondary N) is 2. The second-order valence-corrected chi connectivity index (χ2v) is 12.9. The minimum atomic E-state index is -1.11.